The summed E-state index contributed by atoms with van der Waals surface area (Å²) in [6.45, 7) is 4.61. The average molecular weight is 390 g/mol. The van der Waals surface area contributed by atoms with Crippen LogP contribution in [0.2, 0.25) is 5.02 Å². The van der Waals surface area contributed by atoms with Crippen molar-refractivity contribution in [2.75, 3.05) is 11.9 Å². The maximum absolute atomic E-state index is 12.3. The molecule has 2 aromatic carbocycles. The summed E-state index contributed by atoms with van der Waals surface area (Å²) in [6, 6.07) is 13.7. The first-order valence-electron chi connectivity index (χ1n) is 8.14. The third kappa shape index (κ3) is 4.09. The van der Waals surface area contributed by atoms with E-state index in [0.29, 0.717) is 29.4 Å². The molecule has 0 radical (unpaired) electrons. The van der Waals surface area contributed by atoms with Gasteiger partial charge in [-0.2, -0.15) is 0 Å². The predicted octanol–water partition coefficient (Wildman–Crippen LogP) is 1.99. The van der Waals surface area contributed by atoms with Gasteiger partial charge in [0.15, 0.2) is 0 Å². The SMILES string of the molecule is CCOC(=O)c1cnc2c(C)c(Cl)ccc2c1NCc1ccccc1.[Cl-]. The first kappa shape index (κ1) is 20.0. The fraction of sp³-hybridized carbons (Fsp3) is 0.200. The fourth-order valence-corrected chi connectivity index (χ4v) is 2.88. The van der Waals surface area contributed by atoms with E-state index in [9.17, 15) is 4.79 Å². The molecule has 0 aliphatic carbocycles. The molecule has 1 aromatic heterocycles. The quantitative estimate of drug-likeness (QED) is 0.678. The summed E-state index contributed by atoms with van der Waals surface area (Å²) >= 11 is 6.21. The van der Waals surface area contributed by atoms with Gasteiger partial charge < -0.3 is 22.5 Å². The van der Waals surface area contributed by atoms with Crippen molar-refractivity contribution in [2.45, 2.75) is 20.4 Å². The van der Waals surface area contributed by atoms with Gasteiger partial charge >= 0.3 is 5.97 Å². The van der Waals surface area contributed by atoms with Gasteiger partial charge in [-0.25, -0.2) is 4.79 Å². The van der Waals surface area contributed by atoms with Crippen LogP contribution in [0.1, 0.15) is 28.4 Å². The lowest BCUT2D eigenvalue weighted by Crippen LogP contribution is -3.00. The van der Waals surface area contributed by atoms with Crippen LogP contribution in [0.4, 0.5) is 5.69 Å². The van der Waals surface area contributed by atoms with E-state index < -0.39 is 0 Å². The number of fused-ring (bicyclic) bond motifs is 1. The molecule has 1 heterocycles. The minimum atomic E-state index is -0.389. The number of hydrogen-bond donors (Lipinski definition) is 1. The van der Waals surface area contributed by atoms with Gasteiger partial charge in [0.25, 0.3) is 0 Å². The van der Waals surface area contributed by atoms with Gasteiger partial charge in [-0.3, -0.25) is 4.98 Å². The zero-order valence-electron chi connectivity index (χ0n) is 14.6. The normalized spacial score (nSPS) is 10.3. The first-order chi connectivity index (χ1) is 12.1. The lowest BCUT2D eigenvalue weighted by Gasteiger charge is -2.15. The molecule has 0 amide bonds. The van der Waals surface area contributed by atoms with Crippen molar-refractivity contribution in [3.63, 3.8) is 0 Å². The van der Waals surface area contributed by atoms with E-state index >= 15 is 0 Å². The molecule has 1 N–H and O–H groups in total. The van der Waals surface area contributed by atoms with Crippen LogP contribution in [0.15, 0.2) is 48.7 Å². The van der Waals surface area contributed by atoms with Gasteiger partial charge in [-0.05, 0) is 37.1 Å². The van der Waals surface area contributed by atoms with Crippen LogP contribution in [0, 0.1) is 6.92 Å². The summed E-state index contributed by atoms with van der Waals surface area (Å²) in [4.78, 5) is 16.8. The molecular weight excluding hydrogens is 371 g/mol. The molecule has 0 bridgehead atoms. The van der Waals surface area contributed by atoms with Gasteiger partial charge in [0.2, 0.25) is 0 Å². The van der Waals surface area contributed by atoms with E-state index in [-0.39, 0.29) is 18.4 Å². The Hall–Kier alpha value is -2.30. The minimum absolute atomic E-state index is 0. The summed E-state index contributed by atoms with van der Waals surface area (Å²) in [5, 5.41) is 4.88. The van der Waals surface area contributed by atoms with Crippen molar-refractivity contribution in [3.8, 4) is 0 Å². The topological polar surface area (TPSA) is 51.2 Å². The third-order valence-corrected chi connectivity index (χ3v) is 4.44. The number of nitrogens with one attached hydrogen (secondary N) is 1. The van der Waals surface area contributed by atoms with Gasteiger partial charge in [0, 0.05) is 23.2 Å². The molecule has 0 fully saturated rings. The van der Waals surface area contributed by atoms with Gasteiger partial charge in [0.05, 0.1) is 17.8 Å². The molecule has 0 spiro atoms. The lowest BCUT2D eigenvalue weighted by atomic mass is 10.1. The highest BCUT2D eigenvalue weighted by molar-refractivity contribution is 6.32. The van der Waals surface area contributed by atoms with Crippen LogP contribution in [0.3, 0.4) is 0 Å². The Bertz CT molecular complexity index is 915. The Morgan fingerprint density at radius 2 is 1.92 bits per heavy atom. The second kappa shape index (κ2) is 8.88. The molecule has 0 saturated heterocycles. The number of nitrogens with zero attached hydrogens (tertiary/aromatic N) is 1. The van der Waals surface area contributed by atoms with Crippen LogP contribution in [-0.2, 0) is 11.3 Å². The Kier molecular flexibility index (Phi) is 6.83. The fourth-order valence-electron chi connectivity index (χ4n) is 2.72. The van der Waals surface area contributed by atoms with E-state index in [2.05, 4.69) is 10.3 Å². The smallest absolute Gasteiger partial charge is 0.341 e. The third-order valence-electron chi connectivity index (χ3n) is 4.03. The Balaban J connectivity index is 0.00000243. The monoisotopic (exact) mass is 389 g/mol. The molecule has 136 valence electrons. The zero-order chi connectivity index (χ0) is 17.8. The highest BCUT2D eigenvalue weighted by Crippen LogP contribution is 2.32. The lowest BCUT2D eigenvalue weighted by molar-refractivity contribution is -0.0000232. The van der Waals surface area contributed by atoms with Crippen molar-refractivity contribution in [2.24, 2.45) is 0 Å². The van der Waals surface area contributed by atoms with Crippen LogP contribution < -0.4 is 17.7 Å². The molecule has 26 heavy (non-hydrogen) atoms. The van der Waals surface area contributed by atoms with Crippen LogP contribution >= 0.6 is 11.6 Å². The standard InChI is InChI=1S/C20H19ClN2O2.ClH/c1-3-25-20(24)16-12-23-18-13(2)17(21)10-9-15(18)19(16)22-11-14-7-5-4-6-8-14;/h4-10,12H,3,11H2,1-2H3,(H,22,23);1H/p-1. The molecular formula is C20H19Cl2N2O2-. The number of aromatic nitrogens is 1. The Morgan fingerprint density at radius 3 is 2.62 bits per heavy atom. The van der Waals surface area contributed by atoms with E-state index in [4.69, 9.17) is 16.3 Å². The Labute approximate surface area is 163 Å². The molecule has 4 nitrogen and oxygen atoms in total. The number of aryl methyl sites for hydroxylation is 1. The van der Waals surface area contributed by atoms with Gasteiger partial charge in [-0.15, -0.1) is 0 Å². The number of carbonyl (C=O) groups excluding carboxylic acids is 1. The van der Waals surface area contributed by atoms with E-state index in [1.165, 1.54) is 0 Å². The van der Waals surface area contributed by atoms with Gasteiger partial charge in [0.1, 0.15) is 5.56 Å². The molecule has 0 aliphatic rings. The minimum Gasteiger partial charge on any atom is -1.00 e. The first-order valence-corrected chi connectivity index (χ1v) is 8.52. The molecule has 3 rings (SSSR count). The second-order valence-corrected chi connectivity index (χ2v) is 6.08. The Morgan fingerprint density at radius 1 is 1.19 bits per heavy atom. The number of benzene rings is 2. The van der Waals surface area contributed by atoms with Crippen molar-refractivity contribution in [1.82, 2.24) is 4.98 Å². The molecule has 0 atom stereocenters. The number of hydrogen-bond acceptors (Lipinski definition) is 4. The van der Waals surface area contributed by atoms with Crippen LogP contribution in [0.5, 0.6) is 0 Å². The van der Waals surface area contributed by atoms with Crippen molar-refractivity contribution in [1.29, 1.82) is 0 Å². The van der Waals surface area contributed by atoms with Crippen molar-refractivity contribution >= 4 is 34.2 Å². The van der Waals surface area contributed by atoms with Crippen LogP contribution in [-0.4, -0.2) is 17.6 Å². The summed E-state index contributed by atoms with van der Waals surface area (Å²) in [5.74, 6) is -0.389. The maximum atomic E-state index is 12.3. The number of esters is 1. The van der Waals surface area contributed by atoms with Gasteiger partial charge in [-0.1, -0.05) is 41.9 Å². The highest BCUT2D eigenvalue weighted by Gasteiger charge is 2.18. The molecule has 0 aliphatic heterocycles. The number of rotatable bonds is 5. The molecule has 0 unspecified atom stereocenters. The molecule has 0 saturated carbocycles. The number of halogens is 2. The summed E-state index contributed by atoms with van der Waals surface area (Å²) in [5.41, 5.74) is 3.92. The summed E-state index contributed by atoms with van der Waals surface area (Å²) in [6.07, 6.45) is 1.55. The van der Waals surface area contributed by atoms with E-state index in [1.54, 1.807) is 13.1 Å². The van der Waals surface area contributed by atoms with E-state index in [0.717, 1.165) is 22.0 Å². The zero-order valence-corrected chi connectivity index (χ0v) is 16.1. The number of carbonyl (C=O) groups is 1. The van der Waals surface area contributed by atoms with Crippen molar-refractivity contribution in [3.05, 3.63) is 70.4 Å². The molecule has 6 heteroatoms. The maximum Gasteiger partial charge on any atom is 0.341 e. The van der Waals surface area contributed by atoms with Crippen LogP contribution in [0.25, 0.3) is 10.9 Å². The number of pyridine rings is 1. The molecule has 3 aromatic rings. The van der Waals surface area contributed by atoms with E-state index in [1.807, 2.05) is 49.4 Å². The summed E-state index contributed by atoms with van der Waals surface area (Å²) in [7, 11) is 0. The number of ether oxygens (including phenoxy) is 1. The second-order valence-electron chi connectivity index (χ2n) is 5.68. The number of anilines is 1. The summed E-state index contributed by atoms with van der Waals surface area (Å²) < 4.78 is 5.18. The highest BCUT2D eigenvalue weighted by atomic mass is 35.5. The largest absolute Gasteiger partial charge is 1.00 e. The van der Waals surface area contributed by atoms with Crippen molar-refractivity contribution < 1.29 is 21.9 Å². The average Bonchev–Trinajstić information content (AvgIpc) is 2.63. The predicted molar refractivity (Wildman–Crippen MR) is 101 cm³/mol.